The molecule has 0 saturated heterocycles. The van der Waals surface area contributed by atoms with Crippen molar-refractivity contribution >= 4 is 5.91 Å². The van der Waals surface area contributed by atoms with Gasteiger partial charge in [0.25, 0.3) is 0 Å². The molecule has 1 heterocycles. The molecule has 0 aliphatic heterocycles. The summed E-state index contributed by atoms with van der Waals surface area (Å²) in [6.07, 6.45) is 0. The lowest BCUT2D eigenvalue weighted by Gasteiger charge is -2.09. The highest BCUT2D eigenvalue weighted by Crippen LogP contribution is 2.20. The number of nitrogens with zero attached hydrogens (tertiary/aromatic N) is 2. The van der Waals surface area contributed by atoms with Crippen LogP contribution in [0.3, 0.4) is 0 Å². The number of aromatic nitrogens is 2. The highest BCUT2D eigenvalue weighted by molar-refractivity contribution is 5.77. The van der Waals surface area contributed by atoms with E-state index in [-0.39, 0.29) is 11.8 Å². The van der Waals surface area contributed by atoms with Gasteiger partial charge in [-0.05, 0) is 6.92 Å². The van der Waals surface area contributed by atoms with Crippen LogP contribution in [0.25, 0.3) is 0 Å². The second-order valence-corrected chi connectivity index (χ2v) is 4.82. The summed E-state index contributed by atoms with van der Waals surface area (Å²) in [5, 5.41) is 10.5. The quantitative estimate of drug-likeness (QED) is 0.711. The van der Waals surface area contributed by atoms with Gasteiger partial charge in [-0.15, -0.1) is 0 Å². The fourth-order valence-corrected chi connectivity index (χ4v) is 1.83. The van der Waals surface area contributed by atoms with Crippen LogP contribution in [-0.4, -0.2) is 35.9 Å². The molecule has 0 radical (unpaired) electrons. The summed E-state index contributed by atoms with van der Waals surface area (Å²) in [5.41, 5.74) is 2.01. The number of amides is 1. The molecule has 1 aromatic rings. The average Bonchev–Trinajstić information content (AvgIpc) is 2.62. The highest BCUT2D eigenvalue weighted by Gasteiger charge is 2.13. The maximum absolute atomic E-state index is 11.4. The largest absolute Gasteiger partial charge is 0.481 e. The monoisotopic (exact) mass is 268 g/mol. The Morgan fingerprint density at radius 3 is 2.68 bits per heavy atom. The summed E-state index contributed by atoms with van der Waals surface area (Å²) in [6.45, 7) is 7.74. The minimum Gasteiger partial charge on any atom is -0.481 e. The van der Waals surface area contributed by atoms with Gasteiger partial charge in [0.2, 0.25) is 11.8 Å². The Balaban J connectivity index is 2.36. The van der Waals surface area contributed by atoms with Crippen molar-refractivity contribution in [1.29, 1.82) is 0 Å². The van der Waals surface area contributed by atoms with Crippen molar-refractivity contribution in [3.8, 4) is 5.88 Å². The topological polar surface area (TPSA) is 68.2 Å². The van der Waals surface area contributed by atoms with Crippen molar-refractivity contribution in [2.75, 3.05) is 20.2 Å². The zero-order valence-corrected chi connectivity index (χ0v) is 12.4. The van der Waals surface area contributed by atoms with Gasteiger partial charge in [0, 0.05) is 32.6 Å². The van der Waals surface area contributed by atoms with Gasteiger partial charge in [-0.2, -0.15) is 5.10 Å². The Morgan fingerprint density at radius 2 is 2.11 bits per heavy atom. The summed E-state index contributed by atoms with van der Waals surface area (Å²) in [5.74, 6) is 0.883. The van der Waals surface area contributed by atoms with Crippen molar-refractivity contribution < 1.29 is 9.53 Å². The molecule has 0 bridgehead atoms. The summed E-state index contributed by atoms with van der Waals surface area (Å²) < 4.78 is 7.04. The van der Waals surface area contributed by atoms with Crippen molar-refractivity contribution in [3.05, 3.63) is 11.3 Å². The van der Waals surface area contributed by atoms with Crippen LogP contribution in [0.15, 0.2) is 0 Å². The Kier molecular flexibility index (Phi) is 5.82. The number of ether oxygens (including phenoxy) is 1. The van der Waals surface area contributed by atoms with E-state index in [0.717, 1.165) is 23.7 Å². The minimum atomic E-state index is 0.0284. The van der Waals surface area contributed by atoms with Gasteiger partial charge in [0.15, 0.2) is 0 Å². The fraction of sp³-hybridized carbons (Fsp3) is 0.692. The van der Waals surface area contributed by atoms with Crippen LogP contribution in [-0.2, 0) is 18.4 Å². The molecule has 1 aromatic heterocycles. The highest BCUT2D eigenvalue weighted by atomic mass is 16.5. The summed E-state index contributed by atoms with van der Waals surface area (Å²) in [7, 11) is 3.50. The zero-order chi connectivity index (χ0) is 14.4. The second-order valence-electron chi connectivity index (χ2n) is 4.82. The molecule has 19 heavy (non-hydrogen) atoms. The second kappa shape index (κ2) is 7.13. The Labute approximate surface area is 114 Å². The molecule has 0 saturated carbocycles. The SMILES string of the molecule is COc1c(CNCCNC(=O)C(C)C)c(C)nn1C. The van der Waals surface area contributed by atoms with E-state index >= 15 is 0 Å². The van der Waals surface area contributed by atoms with Gasteiger partial charge in [-0.25, -0.2) is 4.68 Å². The molecule has 0 aliphatic rings. The molecule has 0 unspecified atom stereocenters. The van der Waals surface area contributed by atoms with Crippen LogP contribution < -0.4 is 15.4 Å². The van der Waals surface area contributed by atoms with Gasteiger partial charge >= 0.3 is 0 Å². The van der Waals surface area contributed by atoms with Crippen LogP contribution >= 0.6 is 0 Å². The van der Waals surface area contributed by atoms with Gasteiger partial charge in [0.05, 0.1) is 18.4 Å². The number of carbonyl (C=O) groups excluding carboxylic acids is 1. The lowest BCUT2D eigenvalue weighted by atomic mass is 10.2. The van der Waals surface area contributed by atoms with Crippen LogP contribution in [0.5, 0.6) is 5.88 Å². The number of rotatable bonds is 7. The Morgan fingerprint density at radius 1 is 1.42 bits per heavy atom. The van der Waals surface area contributed by atoms with E-state index in [1.54, 1.807) is 11.8 Å². The predicted octanol–water partition coefficient (Wildman–Crippen LogP) is 0.599. The molecule has 0 fully saturated rings. The number of aryl methyl sites for hydroxylation is 2. The van der Waals surface area contributed by atoms with E-state index < -0.39 is 0 Å². The molecule has 6 heteroatoms. The third-order valence-corrected chi connectivity index (χ3v) is 2.91. The standard InChI is InChI=1S/C13H24N4O2/c1-9(2)12(18)15-7-6-14-8-11-10(3)16-17(4)13(11)19-5/h9,14H,6-8H2,1-5H3,(H,15,18). The van der Waals surface area contributed by atoms with Crippen molar-refractivity contribution in [2.45, 2.75) is 27.3 Å². The number of hydrogen-bond donors (Lipinski definition) is 2. The first-order valence-corrected chi connectivity index (χ1v) is 6.52. The molecular formula is C13H24N4O2. The molecule has 1 rings (SSSR count). The first-order valence-electron chi connectivity index (χ1n) is 6.52. The van der Waals surface area contributed by atoms with Crippen LogP contribution in [0.1, 0.15) is 25.1 Å². The molecular weight excluding hydrogens is 244 g/mol. The molecule has 0 spiro atoms. The summed E-state index contributed by atoms with van der Waals surface area (Å²) >= 11 is 0. The van der Waals surface area contributed by atoms with Gasteiger partial charge in [0.1, 0.15) is 0 Å². The summed E-state index contributed by atoms with van der Waals surface area (Å²) in [4.78, 5) is 11.4. The van der Waals surface area contributed by atoms with E-state index in [4.69, 9.17) is 4.74 Å². The maximum Gasteiger partial charge on any atom is 0.222 e. The Hall–Kier alpha value is -1.56. The first-order chi connectivity index (χ1) is 8.97. The number of methoxy groups -OCH3 is 1. The van der Waals surface area contributed by atoms with Crippen molar-refractivity contribution in [1.82, 2.24) is 20.4 Å². The van der Waals surface area contributed by atoms with Crippen LogP contribution in [0, 0.1) is 12.8 Å². The van der Waals surface area contributed by atoms with Crippen molar-refractivity contribution in [3.63, 3.8) is 0 Å². The van der Waals surface area contributed by atoms with E-state index in [0.29, 0.717) is 13.1 Å². The molecule has 0 aromatic carbocycles. The predicted molar refractivity (Wildman–Crippen MR) is 74.1 cm³/mol. The van der Waals surface area contributed by atoms with Crippen LogP contribution in [0.2, 0.25) is 0 Å². The average molecular weight is 268 g/mol. The molecule has 2 N–H and O–H groups in total. The lowest BCUT2D eigenvalue weighted by molar-refractivity contribution is -0.123. The van der Waals surface area contributed by atoms with Gasteiger partial charge < -0.3 is 15.4 Å². The summed E-state index contributed by atoms with van der Waals surface area (Å²) in [6, 6.07) is 0. The normalized spacial score (nSPS) is 10.8. The van der Waals surface area contributed by atoms with Gasteiger partial charge in [-0.1, -0.05) is 13.8 Å². The molecule has 0 aliphatic carbocycles. The number of hydrogen-bond acceptors (Lipinski definition) is 4. The first kappa shape index (κ1) is 15.5. The lowest BCUT2D eigenvalue weighted by Crippen LogP contribution is -2.34. The number of carbonyl (C=O) groups is 1. The van der Waals surface area contributed by atoms with Crippen LogP contribution in [0.4, 0.5) is 0 Å². The van der Waals surface area contributed by atoms with E-state index in [2.05, 4.69) is 15.7 Å². The third kappa shape index (κ3) is 4.24. The van der Waals surface area contributed by atoms with Crippen molar-refractivity contribution in [2.24, 2.45) is 13.0 Å². The smallest absolute Gasteiger partial charge is 0.222 e. The van der Waals surface area contributed by atoms with Gasteiger partial charge in [-0.3, -0.25) is 4.79 Å². The third-order valence-electron chi connectivity index (χ3n) is 2.91. The van der Waals surface area contributed by atoms with E-state index in [9.17, 15) is 4.79 Å². The number of nitrogens with one attached hydrogen (secondary N) is 2. The fourth-order valence-electron chi connectivity index (χ4n) is 1.83. The molecule has 0 atom stereocenters. The minimum absolute atomic E-state index is 0.0284. The Bertz CT molecular complexity index is 427. The zero-order valence-electron chi connectivity index (χ0n) is 12.4. The molecule has 1 amide bonds. The molecule has 6 nitrogen and oxygen atoms in total. The van der Waals surface area contributed by atoms with E-state index in [1.807, 2.05) is 27.8 Å². The molecule has 108 valence electrons. The maximum atomic E-state index is 11.4. The van der Waals surface area contributed by atoms with E-state index in [1.165, 1.54) is 0 Å².